The third kappa shape index (κ3) is 1.53. The van der Waals surface area contributed by atoms with Gasteiger partial charge in [-0.25, -0.2) is 5.10 Å². The smallest absolute Gasteiger partial charge is 0.306 e. The van der Waals surface area contributed by atoms with Crippen LogP contribution < -0.4 is 5.56 Å². The lowest BCUT2D eigenvalue weighted by molar-refractivity contribution is -0.142. The lowest BCUT2D eigenvalue weighted by atomic mass is 9.87. The summed E-state index contributed by atoms with van der Waals surface area (Å²) < 4.78 is 0. The molecule has 1 atom stereocenters. The molecule has 0 bridgehead atoms. The number of nitrogens with one attached hydrogen (secondary N) is 1. The molecule has 0 saturated carbocycles. The lowest BCUT2D eigenvalue weighted by Gasteiger charge is -2.19. The Labute approximate surface area is 79.8 Å². The normalized spacial score (nSPS) is 20.1. The van der Waals surface area contributed by atoms with Gasteiger partial charge in [0.25, 0.3) is 5.56 Å². The number of rotatable bonds is 1. The Kier molecular flexibility index (Phi) is 2.07. The average Bonchev–Trinajstić information content (AvgIpc) is 2.16. The SMILES string of the molecule is O=C(O)[C@H]1CCc2n[nH]c(=O)cc2C1. The van der Waals surface area contributed by atoms with Gasteiger partial charge in [0.15, 0.2) is 0 Å². The molecule has 1 aliphatic carbocycles. The second-order valence-electron chi connectivity index (χ2n) is 3.48. The summed E-state index contributed by atoms with van der Waals surface area (Å²) in [5.74, 6) is -1.16. The van der Waals surface area contributed by atoms with Gasteiger partial charge in [-0.3, -0.25) is 9.59 Å². The molecule has 1 aromatic rings. The number of H-pyrrole nitrogens is 1. The first-order valence-electron chi connectivity index (χ1n) is 4.47. The molecular formula is C9H10N2O3. The van der Waals surface area contributed by atoms with Crippen LogP contribution in [0.3, 0.4) is 0 Å². The van der Waals surface area contributed by atoms with E-state index >= 15 is 0 Å². The van der Waals surface area contributed by atoms with E-state index in [9.17, 15) is 9.59 Å². The summed E-state index contributed by atoms with van der Waals surface area (Å²) in [6.45, 7) is 0. The Hall–Kier alpha value is -1.65. The number of carboxylic acids is 1. The zero-order valence-electron chi connectivity index (χ0n) is 7.49. The van der Waals surface area contributed by atoms with Crippen LogP contribution in [-0.4, -0.2) is 21.3 Å². The van der Waals surface area contributed by atoms with Crippen molar-refractivity contribution in [1.82, 2.24) is 10.2 Å². The van der Waals surface area contributed by atoms with Gasteiger partial charge in [0.1, 0.15) is 0 Å². The quantitative estimate of drug-likeness (QED) is 0.657. The van der Waals surface area contributed by atoms with Gasteiger partial charge in [-0.15, -0.1) is 0 Å². The van der Waals surface area contributed by atoms with Crippen molar-refractivity contribution in [3.63, 3.8) is 0 Å². The van der Waals surface area contributed by atoms with Gasteiger partial charge in [0, 0.05) is 6.07 Å². The van der Waals surface area contributed by atoms with E-state index in [0.717, 1.165) is 11.3 Å². The molecule has 0 aliphatic heterocycles. The van der Waals surface area contributed by atoms with Crippen molar-refractivity contribution in [2.24, 2.45) is 5.92 Å². The zero-order chi connectivity index (χ0) is 10.1. The predicted octanol–water partition coefficient (Wildman–Crippen LogP) is -0.0406. The van der Waals surface area contributed by atoms with E-state index in [4.69, 9.17) is 5.11 Å². The molecule has 1 aromatic heterocycles. The summed E-state index contributed by atoms with van der Waals surface area (Å²) in [6.07, 6.45) is 1.64. The molecule has 0 fully saturated rings. The second-order valence-corrected chi connectivity index (χ2v) is 3.48. The topological polar surface area (TPSA) is 83.0 Å². The van der Waals surface area contributed by atoms with Crippen molar-refractivity contribution >= 4 is 5.97 Å². The first-order chi connectivity index (χ1) is 6.66. The van der Waals surface area contributed by atoms with E-state index in [1.807, 2.05) is 0 Å². The number of aromatic nitrogens is 2. The Morgan fingerprint density at radius 2 is 2.43 bits per heavy atom. The molecule has 0 radical (unpaired) electrons. The van der Waals surface area contributed by atoms with Crippen LogP contribution in [0, 0.1) is 5.92 Å². The highest BCUT2D eigenvalue weighted by Crippen LogP contribution is 2.22. The van der Waals surface area contributed by atoms with Crippen molar-refractivity contribution < 1.29 is 9.90 Å². The Morgan fingerprint density at radius 1 is 1.64 bits per heavy atom. The molecule has 0 saturated heterocycles. The minimum absolute atomic E-state index is 0.269. The fourth-order valence-electron chi connectivity index (χ4n) is 1.75. The number of aliphatic carboxylic acids is 1. The molecule has 5 nitrogen and oxygen atoms in total. The van der Waals surface area contributed by atoms with E-state index in [1.54, 1.807) is 0 Å². The van der Waals surface area contributed by atoms with Crippen LogP contribution in [0.2, 0.25) is 0 Å². The van der Waals surface area contributed by atoms with Gasteiger partial charge in [-0.1, -0.05) is 0 Å². The van der Waals surface area contributed by atoms with E-state index in [0.29, 0.717) is 19.3 Å². The Morgan fingerprint density at radius 3 is 3.14 bits per heavy atom. The molecule has 0 spiro atoms. The first kappa shape index (κ1) is 8.93. The maximum Gasteiger partial charge on any atom is 0.306 e. The number of aromatic amines is 1. The fourth-order valence-corrected chi connectivity index (χ4v) is 1.75. The van der Waals surface area contributed by atoms with Crippen LogP contribution in [0.15, 0.2) is 10.9 Å². The van der Waals surface area contributed by atoms with Crippen molar-refractivity contribution in [2.45, 2.75) is 19.3 Å². The van der Waals surface area contributed by atoms with Crippen LogP contribution in [0.5, 0.6) is 0 Å². The number of carboxylic acid groups (broad SMARTS) is 1. The fraction of sp³-hybridized carbons (Fsp3) is 0.444. The predicted molar refractivity (Wildman–Crippen MR) is 48.0 cm³/mol. The highest BCUT2D eigenvalue weighted by molar-refractivity contribution is 5.70. The molecule has 1 heterocycles. The van der Waals surface area contributed by atoms with Gasteiger partial charge in [-0.05, 0) is 24.8 Å². The van der Waals surface area contributed by atoms with Crippen molar-refractivity contribution in [3.8, 4) is 0 Å². The molecule has 0 amide bonds. The van der Waals surface area contributed by atoms with Crippen molar-refractivity contribution in [3.05, 3.63) is 27.7 Å². The number of carbonyl (C=O) groups is 1. The monoisotopic (exact) mass is 194 g/mol. The number of fused-ring (bicyclic) bond motifs is 1. The number of hydrogen-bond donors (Lipinski definition) is 2. The minimum Gasteiger partial charge on any atom is -0.481 e. The average molecular weight is 194 g/mol. The zero-order valence-corrected chi connectivity index (χ0v) is 7.49. The van der Waals surface area contributed by atoms with Crippen molar-refractivity contribution in [1.29, 1.82) is 0 Å². The van der Waals surface area contributed by atoms with E-state index < -0.39 is 5.97 Å². The molecule has 0 aromatic carbocycles. The van der Waals surface area contributed by atoms with Gasteiger partial charge in [-0.2, -0.15) is 5.10 Å². The van der Waals surface area contributed by atoms with Crippen LogP contribution in [0.4, 0.5) is 0 Å². The largest absolute Gasteiger partial charge is 0.481 e. The molecule has 14 heavy (non-hydrogen) atoms. The van der Waals surface area contributed by atoms with Gasteiger partial charge in [0.05, 0.1) is 11.6 Å². The summed E-state index contributed by atoms with van der Waals surface area (Å²) in [4.78, 5) is 21.7. The number of hydrogen-bond acceptors (Lipinski definition) is 3. The molecule has 1 aliphatic rings. The highest BCUT2D eigenvalue weighted by Gasteiger charge is 2.25. The summed E-state index contributed by atoms with van der Waals surface area (Å²) in [6, 6.07) is 1.44. The van der Waals surface area contributed by atoms with Crippen LogP contribution in [0.25, 0.3) is 0 Å². The van der Waals surface area contributed by atoms with Gasteiger partial charge in [0.2, 0.25) is 0 Å². The molecular weight excluding hydrogens is 184 g/mol. The second kappa shape index (κ2) is 3.25. The molecule has 0 unspecified atom stereocenters. The van der Waals surface area contributed by atoms with Gasteiger partial charge >= 0.3 is 5.97 Å². The third-order valence-electron chi connectivity index (χ3n) is 2.52. The number of nitrogens with zero attached hydrogens (tertiary/aromatic N) is 1. The summed E-state index contributed by atoms with van der Waals surface area (Å²) in [7, 11) is 0. The summed E-state index contributed by atoms with van der Waals surface area (Å²) in [5.41, 5.74) is 1.32. The lowest BCUT2D eigenvalue weighted by Crippen LogP contribution is -2.25. The van der Waals surface area contributed by atoms with E-state index in [2.05, 4.69) is 10.2 Å². The van der Waals surface area contributed by atoms with Gasteiger partial charge < -0.3 is 5.11 Å². The van der Waals surface area contributed by atoms with Crippen LogP contribution >= 0.6 is 0 Å². The molecule has 2 rings (SSSR count). The Balaban J connectivity index is 2.33. The van der Waals surface area contributed by atoms with E-state index in [-0.39, 0.29) is 11.5 Å². The maximum atomic E-state index is 11.0. The Bertz CT molecular complexity index is 424. The number of aryl methyl sites for hydroxylation is 1. The highest BCUT2D eigenvalue weighted by atomic mass is 16.4. The molecule has 2 N–H and O–H groups in total. The van der Waals surface area contributed by atoms with Crippen molar-refractivity contribution in [2.75, 3.05) is 0 Å². The molecule has 74 valence electrons. The first-order valence-corrected chi connectivity index (χ1v) is 4.47. The minimum atomic E-state index is -0.795. The third-order valence-corrected chi connectivity index (χ3v) is 2.52. The molecule has 5 heteroatoms. The summed E-state index contributed by atoms with van der Waals surface area (Å²) >= 11 is 0. The van der Waals surface area contributed by atoms with E-state index in [1.165, 1.54) is 6.07 Å². The van der Waals surface area contributed by atoms with Crippen LogP contribution in [0.1, 0.15) is 17.7 Å². The maximum absolute atomic E-state index is 11.0. The summed E-state index contributed by atoms with van der Waals surface area (Å²) in [5, 5.41) is 15.1. The standard InChI is InChI=1S/C9H10N2O3/c12-8-4-6-3-5(9(13)14)1-2-7(6)10-11-8/h4-5H,1-3H2,(H,11,12)(H,13,14)/t5-/m0/s1. The van der Waals surface area contributed by atoms with Crippen LogP contribution in [-0.2, 0) is 17.6 Å².